The molecule has 0 spiro atoms. The predicted molar refractivity (Wildman–Crippen MR) is 235 cm³/mol. The SMILES string of the molecule is CCC(C)NC(=O)C(CC(N)=O)NC(=O)C(NC(=O)C(Cc1ccccc1)NC(=O)C(CC(C)C)NC(=O)C(C)N(C)C(=O)C(NC)C(C)C)C(C)C.Cc1ccccc1. The Kier molecular flexibility index (Phi) is 23.5. The van der Waals surface area contributed by atoms with Crippen molar-refractivity contribution in [1.29, 1.82) is 0 Å². The zero-order valence-electron chi connectivity index (χ0n) is 37.8. The van der Waals surface area contributed by atoms with E-state index in [9.17, 15) is 33.6 Å². The zero-order chi connectivity index (χ0) is 45.7. The van der Waals surface area contributed by atoms with Crippen molar-refractivity contribution >= 4 is 41.4 Å². The molecule has 0 heterocycles. The van der Waals surface area contributed by atoms with Gasteiger partial charge in [0.05, 0.1) is 12.5 Å². The molecule has 0 saturated heterocycles. The largest absolute Gasteiger partial charge is 0.370 e. The third-order valence-electron chi connectivity index (χ3n) is 10.0. The highest BCUT2D eigenvalue weighted by Gasteiger charge is 2.35. The number of primary amides is 1. The van der Waals surface area contributed by atoms with Crippen LogP contribution in [0, 0.1) is 24.7 Å². The summed E-state index contributed by atoms with van der Waals surface area (Å²) in [5, 5.41) is 16.6. The minimum absolute atomic E-state index is 0.0237. The molecule has 0 radical (unpaired) electrons. The second-order valence-corrected chi connectivity index (χ2v) is 16.5. The molecule has 0 aliphatic heterocycles. The Bertz CT molecular complexity index is 1670. The van der Waals surface area contributed by atoms with Crippen molar-refractivity contribution in [1.82, 2.24) is 36.8 Å². The molecule has 7 atom stereocenters. The molecule has 2 rings (SSSR count). The normalized spacial score (nSPS) is 14.5. The summed E-state index contributed by atoms with van der Waals surface area (Å²) in [4.78, 5) is 94.1. The predicted octanol–water partition coefficient (Wildman–Crippen LogP) is 2.75. The Labute approximate surface area is 357 Å². The number of nitrogens with one attached hydrogen (secondary N) is 6. The zero-order valence-corrected chi connectivity index (χ0v) is 37.8. The molecule has 0 aromatic heterocycles. The van der Waals surface area contributed by atoms with Crippen LogP contribution in [-0.2, 0) is 40.0 Å². The number of nitrogens with zero attached hydrogens (tertiary/aromatic N) is 1. The van der Waals surface area contributed by atoms with Crippen molar-refractivity contribution in [2.45, 2.75) is 137 Å². The Morgan fingerprint density at radius 1 is 0.617 bits per heavy atom. The lowest BCUT2D eigenvalue weighted by Crippen LogP contribution is -2.61. The molecule has 15 nitrogen and oxygen atoms in total. The Morgan fingerprint density at radius 3 is 1.55 bits per heavy atom. The highest BCUT2D eigenvalue weighted by Crippen LogP contribution is 2.12. The number of rotatable bonds is 22. The third kappa shape index (κ3) is 18.7. The molecular formula is C45H72N8O7. The van der Waals surface area contributed by atoms with Crippen LogP contribution in [0.1, 0.15) is 92.7 Å². The van der Waals surface area contributed by atoms with E-state index in [1.807, 2.05) is 58.9 Å². The van der Waals surface area contributed by atoms with E-state index in [0.29, 0.717) is 6.42 Å². The van der Waals surface area contributed by atoms with Gasteiger partial charge in [-0.15, -0.1) is 0 Å². The molecule has 0 bridgehead atoms. The van der Waals surface area contributed by atoms with Gasteiger partial charge in [0.2, 0.25) is 41.4 Å². The lowest BCUT2D eigenvalue weighted by Gasteiger charge is -2.31. The van der Waals surface area contributed by atoms with E-state index in [1.54, 1.807) is 59.0 Å². The van der Waals surface area contributed by atoms with Crippen molar-refractivity contribution in [3.8, 4) is 0 Å². The number of amides is 7. The Hall–Kier alpha value is -5.31. The maximum atomic E-state index is 14.0. The van der Waals surface area contributed by atoms with E-state index < -0.39 is 84.0 Å². The number of nitrogens with two attached hydrogens (primary N) is 1. The number of likely N-dealkylation sites (N-methyl/N-ethyl adjacent to an activating group) is 2. The molecule has 0 aliphatic rings. The lowest BCUT2D eigenvalue weighted by atomic mass is 9.99. The molecule has 2 aromatic carbocycles. The van der Waals surface area contributed by atoms with Crippen LogP contribution < -0.4 is 37.6 Å². The standard InChI is InChI=1S/C38H64N8O7.C7H8/c1-12-24(8)41-34(49)29(20-30(39)47)44-37(52)31(22(4)5)45-36(51)28(19-26-16-14-13-15-17-26)43-35(50)27(18-21(2)3)42-33(48)25(9)46(11)38(53)32(40-10)23(6)7;1-7-5-3-2-4-6-7/h13-17,21-25,27-29,31-32,40H,12,18-20H2,1-11H3,(H2,39,47)(H,41,49)(H,42,48)(H,43,50)(H,44,52)(H,45,51);2-6H,1H3. The number of benzene rings is 2. The van der Waals surface area contributed by atoms with Crippen molar-refractivity contribution < 1.29 is 33.6 Å². The van der Waals surface area contributed by atoms with E-state index in [-0.39, 0.29) is 36.6 Å². The van der Waals surface area contributed by atoms with E-state index in [2.05, 4.69) is 51.0 Å². The minimum atomic E-state index is -1.27. The van der Waals surface area contributed by atoms with Gasteiger partial charge in [-0.3, -0.25) is 33.6 Å². The van der Waals surface area contributed by atoms with Crippen molar-refractivity contribution in [3.05, 3.63) is 71.8 Å². The van der Waals surface area contributed by atoms with Crippen LogP contribution in [0.4, 0.5) is 0 Å². The molecule has 0 saturated carbocycles. The summed E-state index contributed by atoms with van der Waals surface area (Å²) in [6.07, 6.45) is 0.473. The van der Waals surface area contributed by atoms with Gasteiger partial charge in [0.25, 0.3) is 0 Å². The number of aryl methyl sites for hydroxylation is 1. The lowest BCUT2D eigenvalue weighted by molar-refractivity contribution is -0.141. The summed E-state index contributed by atoms with van der Waals surface area (Å²) in [7, 11) is 3.21. The first-order valence-electron chi connectivity index (χ1n) is 20.9. The molecule has 8 N–H and O–H groups in total. The van der Waals surface area contributed by atoms with Gasteiger partial charge in [-0.25, -0.2) is 0 Å². The summed E-state index contributed by atoms with van der Waals surface area (Å²) in [6, 6.07) is 13.0. The van der Waals surface area contributed by atoms with Gasteiger partial charge in [0, 0.05) is 19.5 Å². The van der Waals surface area contributed by atoms with Crippen molar-refractivity contribution in [3.63, 3.8) is 0 Å². The number of hydrogen-bond donors (Lipinski definition) is 7. The number of carbonyl (C=O) groups is 7. The van der Waals surface area contributed by atoms with Crippen LogP contribution in [0.3, 0.4) is 0 Å². The van der Waals surface area contributed by atoms with Gasteiger partial charge in [0.1, 0.15) is 30.2 Å². The minimum Gasteiger partial charge on any atom is -0.370 e. The first-order chi connectivity index (χ1) is 28.1. The molecule has 0 fully saturated rings. The topological polar surface area (TPSA) is 221 Å². The monoisotopic (exact) mass is 837 g/mol. The second-order valence-electron chi connectivity index (χ2n) is 16.5. The van der Waals surface area contributed by atoms with Crippen LogP contribution in [0.15, 0.2) is 60.7 Å². The Morgan fingerprint density at radius 2 is 1.10 bits per heavy atom. The smallest absolute Gasteiger partial charge is 0.243 e. The van der Waals surface area contributed by atoms with Crippen molar-refractivity contribution in [2.75, 3.05) is 14.1 Å². The maximum Gasteiger partial charge on any atom is 0.243 e. The second kappa shape index (κ2) is 26.7. The maximum absolute atomic E-state index is 14.0. The van der Waals surface area contributed by atoms with Crippen LogP contribution in [0.2, 0.25) is 0 Å². The summed E-state index contributed by atoms with van der Waals surface area (Å²) >= 11 is 0. The first-order valence-corrected chi connectivity index (χ1v) is 20.9. The van der Waals surface area contributed by atoms with Gasteiger partial charge in [0.15, 0.2) is 0 Å². The molecule has 2 aromatic rings. The molecule has 7 unspecified atom stereocenters. The van der Waals surface area contributed by atoms with E-state index in [0.717, 1.165) is 5.56 Å². The average Bonchev–Trinajstić information content (AvgIpc) is 3.18. The molecular weight excluding hydrogens is 765 g/mol. The van der Waals surface area contributed by atoms with Crippen LogP contribution >= 0.6 is 0 Å². The van der Waals surface area contributed by atoms with Gasteiger partial charge >= 0.3 is 0 Å². The summed E-state index contributed by atoms with van der Waals surface area (Å²) < 4.78 is 0. The fourth-order valence-corrected chi connectivity index (χ4v) is 6.10. The van der Waals surface area contributed by atoms with Crippen molar-refractivity contribution in [2.24, 2.45) is 23.5 Å². The molecule has 15 heteroatoms. The number of carbonyl (C=O) groups excluding carboxylic acids is 7. The van der Waals surface area contributed by atoms with Crippen LogP contribution in [-0.4, -0.2) is 103 Å². The molecule has 334 valence electrons. The fourth-order valence-electron chi connectivity index (χ4n) is 6.10. The van der Waals surface area contributed by atoms with E-state index >= 15 is 0 Å². The third-order valence-corrected chi connectivity index (χ3v) is 10.0. The summed E-state index contributed by atoms with van der Waals surface area (Å²) in [6.45, 7) is 18.3. The Balaban J connectivity index is 0.00000231. The fraction of sp³-hybridized carbons (Fsp3) is 0.578. The van der Waals surface area contributed by atoms with Gasteiger partial charge in [-0.1, -0.05) is 115 Å². The van der Waals surface area contributed by atoms with E-state index in [4.69, 9.17) is 5.73 Å². The highest BCUT2D eigenvalue weighted by atomic mass is 16.2. The number of hydrogen-bond acceptors (Lipinski definition) is 8. The molecule has 7 amide bonds. The van der Waals surface area contributed by atoms with Gasteiger partial charge in [-0.05, 0) is 64.0 Å². The van der Waals surface area contributed by atoms with E-state index in [1.165, 1.54) is 17.5 Å². The average molecular weight is 837 g/mol. The first kappa shape index (κ1) is 52.7. The quantitative estimate of drug-likeness (QED) is 0.0933. The molecule has 60 heavy (non-hydrogen) atoms. The highest BCUT2D eigenvalue weighted by molar-refractivity contribution is 5.97. The van der Waals surface area contributed by atoms with Gasteiger partial charge in [-0.2, -0.15) is 0 Å². The van der Waals surface area contributed by atoms with Gasteiger partial charge < -0.3 is 42.5 Å². The summed E-state index contributed by atoms with van der Waals surface area (Å²) in [5.41, 5.74) is 7.43. The molecule has 0 aliphatic carbocycles. The summed E-state index contributed by atoms with van der Waals surface area (Å²) in [5.74, 6) is -4.70. The van der Waals surface area contributed by atoms with Crippen LogP contribution in [0.25, 0.3) is 0 Å². The van der Waals surface area contributed by atoms with Crippen LogP contribution in [0.5, 0.6) is 0 Å².